The van der Waals surface area contributed by atoms with Crippen LogP contribution < -0.4 is 10.9 Å². The van der Waals surface area contributed by atoms with E-state index in [9.17, 15) is 9.59 Å². The zero-order valence-corrected chi connectivity index (χ0v) is 20.8. The number of aromatic nitrogens is 2. The van der Waals surface area contributed by atoms with Gasteiger partial charge in [0.15, 0.2) is 0 Å². The van der Waals surface area contributed by atoms with Crippen LogP contribution in [0.3, 0.4) is 0 Å². The molecule has 5 rings (SSSR count). The number of carbonyl (C=O) groups is 1. The van der Waals surface area contributed by atoms with Crippen molar-refractivity contribution in [3.8, 4) is 11.3 Å². The molecule has 0 radical (unpaired) electrons. The smallest absolute Gasteiger partial charge is 0.253 e. The molecule has 0 aliphatic carbocycles. The van der Waals surface area contributed by atoms with Crippen molar-refractivity contribution in [3.05, 3.63) is 57.5 Å². The fraction of sp³-hybridized carbons (Fsp3) is 0.500. The Morgan fingerprint density at radius 1 is 1.12 bits per heavy atom. The van der Waals surface area contributed by atoms with E-state index in [0.29, 0.717) is 11.8 Å². The topological polar surface area (TPSA) is 70.1 Å². The molecule has 1 atom stereocenters. The number of hydrogen-bond donors (Lipinski definition) is 2. The van der Waals surface area contributed by atoms with E-state index in [1.165, 1.54) is 16.5 Å². The zero-order valence-electron chi connectivity index (χ0n) is 20.8. The van der Waals surface area contributed by atoms with Gasteiger partial charge in [0.05, 0.1) is 11.7 Å². The lowest BCUT2D eigenvalue weighted by molar-refractivity contribution is -0.134. The quantitative estimate of drug-likeness (QED) is 0.605. The third-order valence-electron chi connectivity index (χ3n) is 7.73. The molecule has 2 N–H and O–H groups in total. The molecule has 2 fully saturated rings. The van der Waals surface area contributed by atoms with Crippen LogP contribution in [0, 0.1) is 6.92 Å². The number of aromatic amines is 1. The number of rotatable bonds is 4. The number of amides is 1. The number of hydrogen-bond acceptors (Lipinski definition) is 3. The molecule has 0 bridgehead atoms. The summed E-state index contributed by atoms with van der Waals surface area (Å²) in [5.74, 6) is 1.11. The number of H-pyrrole nitrogens is 1. The maximum atomic E-state index is 12.8. The molecule has 0 spiro atoms. The predicted molar refractivity (Wildman–Crippen MR) is 137 cm³/mol. The summed E-state index contributed by atoms with van der Waals surface area (Å²) in [5, 5.41) is 4.61. The van der Waals surface area contributed by atoms with Crippen molar-refractivity contribution in [2.75, 3.05) is 19.6 Å². The molecule has 2 aromatic heterocycles. The fourth-order valence-electron chi connectivity index (χ4n) is 5.87. The van der Waals surface area contributed by atoms with E-state index < -0.39 is 0 Å². The molecule has 0 saturated carbocycles. The van der Waals surface area contributed by atoms with Gasteiger partial charge < -0.3 is 19.8 Å². The summed E-state index contributed by atoms with van der Waals surface area (Å²) in [6.45, 7) is 8.98. The van der Waals surface area contributed by atoms with Crippen molar-refractivity contribution < 1.29 is 4.79 Å². The minimum Gasteiger partial charge on any atom is -0.354 e. The standard InChI is InChI=1S/C28H36N4O2/c1-17(2)25-22-15-20(19-9-12-32(13-10-19)28(34)24-6-5-11-29-24)7-8-23(22)30-26(25)21-14-18(3)27(33)31(4)16-21/h7-8,14-17,19,24,29-30H,5-6,9-13H2,1-4H3. The van der Waals surface area contributed by atoms with Crippen LogP contribution in [0.25, 0.3) is 22.2 Å². The Labute approximate surface area is 201 Å². The second kappa shape index (κ2) is 9.06. The minimum atomic E-state index is 0.0286. The maximum Gasteiger partial charge on any atom is 0.253 e. The number of likely N-dealkylation sites (tertiary alicyclic amines) is 1. The Morgan fingerprint density at radius 2 is 1.88 bits per heavy atom. The van der Waals surface area contributed by atoms with Gasteiger partial charge in [-0.25, -0.2) is 0 Å². The molecule has 1 aromatic carbocycles. The lowest BCUT2D eigenvalue weighted by Gasteiger charge is -2.34. The van der Waals surface area contributed by atoms with Crippen molar-refractivity contribution in [2.24, 2.45) is 7.05 Å². The maximum absolute atomic E-state index is 12.8. The Morgan fingerprint density at radius 3 is 2.53 bits per heavy atom. The molecular weight excluding hydrogens is 424 g/mol. The van der Waals surface area contributed by atoms with E-state index in [0.717, 1.165) is 67.7 Å². The van der Waals surface area contributed by atoms with E-state index in [-0.39, 0.29) is 17.5 Å². The van der Waals surface area contributed by atoms with Crippen LogP contribution in [0.1, 0.15) is 68.1 Å². The summed E-state index contributed by atoms with van der Waals surface area (Å²) < 4.78 is 1.67. The molecule has 180 valence electrons. The van der Waals surface area contributed by atoms with Crippen LogP contribution >= 0.6 is 0 Å². The van der Waals surface area contributed by atoms with Crippen LogP contribution in [0.4, 0.5) is 0 Å². The summed E-state index contributed by atoms with van der Waals surface area (Å²) in [6.07, 6.45) is 6.02. The molecule has 34 heavy (non-hydrogen) atoms. The van der Waals surface area contributed by atoms with Gasteiger partial charge in [0.2, 0.25) is 5.91 Å². The third kappa shape index (κ3) is 4.09. The van der Waals surface area contributed by atoms with E-state index in [4.69, 9.17) is 0 Å². The van der Waals surface area contributed by atoms with E-state index >= 15 is 0 Å². The lowest BCUT2D eigenvalue weighted by atomic mass is 9.87. The highest BCUT2D eigenvalue weighted by atomic mass is 16.2. The van der Waals surface area contributed by atoms with Gasteiger partial charge in [0.1, 0.15) is 0 Å². The summed E-state index contributed by atoms with van der Waals surface area (Å²) in [4.78, 5) is 30.7. The molecule has 2 saturated heterocycles. The molecule has 6 nitrogen and oxygen atoms in total. The number of carbonyl (C=O) groups excluding carboxylic acids is 1. The monoisotopic (exact) mass is 460 g/mol. The molecule has 2 aliphatic heterocycles. The summed E-state index contributed by atoms with van der Waals surface area (Å²) in [6, 6.07) is 8.83. The molecule has 1 unspecified atom stereocenters. The molecule has 1 amide bonds. The lowest BCUT2D eigenvalue weighted by Crippen LogP contribution is -2.46. The van der Waals surface area contributed by atoms with Gasteiger partial charge in [0.25, 0.3) is 5.56 Å². The normalized spacial score (nSPS) is 19.4. The van der Waals surface area contributed by atoms with Gasteiger partial charge in [-0.2, -0.15) is 0 Å². The molecule has 2 aliphatic rings. The van der Waals surface area contributed by atoms with E-state index in [1.54, 1.807) is 4.57 Å². The Kier molecular flexibility index (Phi) is 6.11. The number of piperidine rings is 1. The highest BCUT2D eigenvalue weighted by Gasteiger charge is 2.30. The second-order valence-corrected chi connectivity index (χ2v) is 10.4. The van der Waals surface area contributed by atoms with Crippen LogP contribution in [-0.2, 0) is 11.8 Å². The van der Waals surface area contributed by atoms with Crippen molar-refractivity contribution in [2.45, 2.75) is 64.3 Å². The third-order valence-corrected chi connectivity index (χ3v) is 7.73. The number of aryl methyl sites for hydroxylation is 2. The molecular formula is C28H36N4O2. The van der Waals surface area contributed by atoms with Gasteiger partial charge in [0, 0.05) is 48.4 Å². The highest BCUT2D eigenvalue weighted by Crippen LogP contribution is 2.38. The molecule has 4 heterocycles. The Hall–Kier alpha value is -2.86. The first-order chi connectivity index (χ1) is 16.3. The van der Waals surface area contributed by atoms with Crippen molar-refractivity contribution in [1.29, 1.82) is 0 Å². The van der Waals surface area contributed by atoms with E-state index in [2.05, 4.69) is 47.2 Å². The number of benzene rings is 1. The van der Waals surface area contributed by atoms with Crippen LogP contribution in [0.15, 0.2) is 35.3 Å². The summed E-state index contributed by atoms with van der Waals surface area (Å²) in [7, 11) is 1.81. The van der Waals surface area contributed by atoms with Gasteiger partial charge >= 0.3 is 0 Å². The first-order valence-electron chi connectivity index (χ1n) is 12.7. The van der Waals surface area contributed by atoms with Crippen LogP contribution in [0.2, 0.25) is 0 Å². The highest BCUT2D eigenvalue weighted by molar-refractivity contribution is 5.92. The Balaban J connectivity index is 1.43. The van der Waals surface area contributed by atoms with Crippen LogP contribution in [-0.4, -0.2) is 46.0 Å². The number of nitrogens with zero attached hydrogens (tertiary/aromatic N) is 2. The fourth-order valence-corrected chi connectivity index (χ4v) is 5.87. The second-order valence-electron chi connectivity index (χ2n) is 10.4. The number of nitrogens with one attached hydrogen (secondary N) is 2. The summed E-state index contributed by atoms with van der Waals surface area (Å²) >= 11 is 0. The predicted octanol–water partition coefficient (Wildman–Crippen LogP) is 4.42. The van der Waals surface area contributed by atoms with Gasteiger partial charge in [-0.3, -0.25) is 9.59 Å². The van der Waals surface area contributed by atoms with E-state index in [1.807, 2.05) is 26.2 Å². The average molecular weight is 461 g/mol. The minimum absolute atomic E-state index is 0.0286. The largest absolute Gasteiger partial charge is 0.354 e. The van der Waals surface area contributed by atoms with Gasteiger partial charge in [-0.1, -0.05) is 19.9 Å². The summed E-state index contributed by atoms with van der Waals surface area (Å²) in [5.41, 5.74) is 6.75. The molecule has 6 heteroatoms. The first-order valence-corrected chi connectivity index (χ1v) is 12.7. The zero-order chi connectivity index (χ0) is 24.0. The SMILES string of the molecule is Cc1cc(-c2[nH]c3ccc(C4CCN(C(=O)C5CCCN5)CC4)cc3c2C(C)C)cn(C)c1=O. The van der Waals surface area contributed by atoms with Gasteiger partial charge in [-0.05, 0) is 80.3 Å². The Bertz CT molecular complexity index is 1250. The average Bonchev–Trinajstić information content (AvgIpc) is 3.49. The van der Waals surface area contributed by atoms with Gasteiger partial charge in [-0.15, -0.1) is 0 Å². The van der Waals surface area contributed by atoms with Crippen molar-refractivity contribution in [1.82, 2.24) is 19.8 Å². The van der Waals surface area contributed by atoms with Crippen LogP contribution in [0.5, 0.6) is 0 Å². The van der Waals surface area contributed by atoms with Crippen molar-refractivity contribution >= 4 is 16.8 Å². The van der Waals surface area contributed by atoms with Crippen molar-refractivity contribution in [3.63, 3.8) is 0 Å². The number of fused-ring (bicyclic) bond motifs is 1. The first kappa shape index (κ1) is 22.9. The number of pyridine rings is 1. The molecule has 3 aromatic rings.